The van der Waals surface area contributed by atoms with Gasteiger partial charge >= 0.3 is 0 Å². The Balaban J connectivity index is 0.00000162. The standard InChI is InChI=1S/C9H9N5O3.2ClH/c1-3(15)6(16)4-2-11-7-5(12-4)8(17)14-9(10)13-7;;/h2-3,15H,1H3,(H3,10,11,13,14,17);2*1H. The van der Waals surface area contributed by atoms with Gasteiger partial charge in [-0.15, -0.1) is 24.8 Å². The van der Waals surface area contributed by atoms with Crippen LogP contribution in [0.15, 0.2) is 11.0 Å². The number of nitrogens with zero attached hydrogens (tertiary/aromatic N) is 3. The van der Waals surface area contributed by atoms with Crippen molar-refractivity contribution in [3.8, 4) is 0 Å². The first-order valence-electron chi connectivity index (χ1n) is 4.74. The highest BCUT2D eigenvalue weighted by Crippen LogP contribution is 2.05. The third-order valence-electron chi connectivity index (χ3n) is 2.07. The van der Waals surface area contributed by atoms with Crippen molar-refractivity contribution in [2.45, 2.75) is 13.0 Å². The molecule has 0 aliphatic heterocycles. The van der Waals surface area contributed by atoms with Gasteiger partial charge in [-0.1, -0.05) is 0 Å². The number of halogens is 2. The van der Waals surface area contributed by atoms with Crippen LogP contribution in [0.5, 0.6) is 0 Å². The van der Waals surface area contributed by atoms with E-state index in [1.54, 1.807) is 0 Å². The SMILES string of the molecule is CC(O)C(=O)c1cnc2nc(N)[nH]c(=O)c2n1.Cl.Cl. The van der Waals surface area contributed by atoms with E-state index in [9.17, 15) is 9.59 Å². The molecule has 2 heterocycles. The molecule has 19 heavy (non-hydrogen) atoms. The van der Waals surface area contributed by atoms with Crippen LogP contribution in [0.1, 0.15) is 17.4 Å². The Morgan fingerprint density at radius 2 is 2.05 bits per heavy atom. The van der Waals surface area contributed by atoms with Crippen LogP contribution in [0.3, 0.4) is 0 Å². The summed E-state index contributed by atoms with van der Waals surface area (Å²) in [6.45, 7) is 1.31. The number of aliphatic hydroxyl groups is 1. The van der Waals surface area contributed by atoms with E-state index in [4.69, 9.17) is 10.8 Å². The quantitative estimate of drug-likeness (QED) is 0.648. The van der Waals surface area contributed by atoms with Crippen LogP contribution in [-0.2, 0) is 0 Å². The van der Waals surface area contributed by atoms with Gasteiger partial charge in [0.25, 0.3) is 5.56 Å². The van der Waals surface area contributed by atoms with Crippen molar-refractivity contribution in [3.63, 3.8) is 0 Å². The zero-order valence-electron chi connectivity index (χ0n) is 9.65. The van der Waals surface area contributed by atoms with Crippen LogP contribution >= 0.6 is 24.8 Å². The van der Waals surface area contributed by atoms with E-state index in [0.717, 1.165) is 6.20 Å². The fourth-order valence-corrected chi connectivity index (χ4v) is 1.27. The Hall–Kier alpha value is -1.77. The van der Waals surface area contributed by atoms with Crippen molar-refractivity contribution in [1.29, 1.82) is 0 Å². The summed E-state index contributed by atoms with van der Waals surface area (Å²) in [4.78, 5) is 36.6. The molecule has 104 valence electrons. The Morgan fingerprint density at radius 3 is 2.63 bits per heavy atom. The molecular formula is C9H11Cl2N5O3. The maximum absolute atomic E-state index is 11.5. The van der Waals surface area contributed by atoms with Gasteiger partial charge < -0.3 is 10.8 Å². The molecule has 2 rings (SSSR count). The van der Waals surface area contributed by atoms with Crippen molar-refractivity contribution >= 4 is 47.7 Å². The Labute approximate surface area is 119 Å². The molecule has 0 radical (unpaired) electrons. The molecule has 10 heteroatoms. The highest BCUT2D eigenvalue weighted by Gasteiger charge is 2.16. The second kappa shape index (κ2) is 6.41. The highest BCUT2D eigenvalue weighted by atomic mass is 35.5. The van der Waals surface area contributed by atoms with E-state index in [1.807, 2.05) is 0 Å². The van der Waals surface area contributed by atoms with E-state index < -0.39 is 17.4 Å². The van der Waals surface area contributed by atoms with Gasteiger partial charge in [-0.05, 0) is 6.92 Å². The summed E-state index contributed by atoms with van der Waals surface area (Å²) in [7, 11) is 0. The molecule has 0 fully saturated rings. The molecule has 1 atom stereocenters. The maximum Gasteiger partial charge on any atom is 0.280 e. The number of ketones is 1. The third kappa shape index (κ3) is 3.37. The third-order valence-corrected chi connectivity index (χ3v) is 2.07. The van der Waals surface area contributed by atoms with Crippen LogP contribution < -0.4 is 11.3 Å². The Morgan fingerprint density at radius 1 is 1.42 bits per heavy atom. The lowest BCUT2D eigenvalue weighted by Gasteiger charge is -2.03. The van der Waals surface area contributed by atoms with Gasteiger partial charge in [-0.2, -0.15) is 4.98 Å². The smallest absolute Gasteiger partial charge is 0.280 e. The van der Waals surface area contributed by atoms with E-state index >= 15 is 0 Å². The van der Waals surface area contributed by atoms with E-state index in [2.05, 4.69) is 19.9 Å². The van der Waals surface area contributed by atoms with Gasteiger partial charge in [0.1, 0.15) is 11.8 Å². The van der Waals surface area contributed by atoms with Crippen molar-refractivity contribution < 1.29 is 9.90 Å². The van der Waals surface area contributed by atoms with Crippen LogP contribution in [0, 0.1) is 0 Å². The number of carbonyl (C=O) groups is 1. The number of H-pyrrole nitrogens is 1. The normalized spacial score (nSPS) is 11.3. The van der Waals surface area contributed by atoms with Gasteiger partial charge in [0.05, 0.1) is 6.20 Å². The molecule has 0 saturated carbocycles. The summed E-state index contributed by atoms with van der Waals surface area (Å²) in [5, 5.41) is 9.12. The number of carbonyl (C=O) groups excluding carboxylic acids is 1. The predicted octanol–water partition coefficient (Wildman–Crippen LogP) is -0.298. The van der Waals surface area contributed by atoms with E-state index in [-0.39, 0.29) is 47.6 Å². The number of aromatic amines is 1. The molecule has 0 bridgehead atoms. The minimum absolute atomic E-state index is 0. The lowest BCUT2D eigenvalue weighted by atomic mass is 10.2. The van der Waals surface area contributed by atoms with E-state index in [1.165, 1.54) is 6.92 Å². The number of aliphatic hydroxyl groups excluding tert-OH is 1. The molecule has 0 saturated heterocycles. The lowest BCUT2D eigenvalue weighted by Crippen LogP contribution is -2.20. The molecular weight excluding hydrogens is 297 g/mol. The monoisotopic (exact) mass is 307 g/mol. The van der Waals surface area contributed by atoms with Gasteiger partial charge in [0, 0.05) is 0 Å². The molecule has 0 aliphatic rings. The number of rotatable bonds is 2. The van der Waals surface area contributed by atoms with Crippen LogP contribution in [0.25, 0.3) is 11.2 Å². The minimum atomic E-state index is -1.21. The number of Topliss-reactive ketones (excluding diaryl/α,β-unsaturated/α-hetero) is 1. The summed E-state index contributed by atoms with van der Waals surface area (Å²) < 4.78 is 0. The van der Waals surface area contributed by atoms with Crippen LogP contribution in [-0.4, -0.2) is 36.9 Å². The molecule has 2 aromatic rings. The number of anilines is 1. The second-order valence-electron chi connectivity index (χ2n) is 3.42. The number of nitrogens with two attached hydrogens (primary N) is 1. The van der Waals surface area contributed by atoms with Crippen molar-refractivity contribution in [3.05, 3.63) is 22.2 Å². The summed E-state index contributed by atoms with van der Waals surface area (Å²) in [6.07, 6.45) is -0.0638. The highest BCUT2D eigenvalue weighted by molar-refractivity contribution is 5.98. The molecule has 0 amide bonds. The predicted molar refractivity (Wildman–Crippen MR) is 72.9 cm³/mol. The number of hydrogen-bond donors (Lipinski definition) is 3. The lowest BCUT2D eigenvalue weighted by molar-refractivity contribution is 0.0774. The molecule has 0 aromatic carbocycles. The van der Waals surface area contributed by atoms with Gasteiger partial charge in [0.2, 0.25) is 11.7 Å². The number of aromatic nitrogens is 4. The minimum Gasteiger partial charge on any atom is -0.385 e. The van der Waals surface area contributed by atoms with Crippen LogP contribution in [0.2, 0.25) is 0 Å². The second-order valence-corrected chi connectivity index (χ2v) is 3.42. The van der Waals surface area contributed by atoms with Crippen LogP contribution in [0.4, 0.5) is 5.95 Å². The fourth-order valence-electron chi connectivity index (χ4n) is 1.27. The summed E-state index contributed by atoms with van der Waals surface area (Å²) in [6, 6.07) is 0. The summed E-state index contributed by atoms with van der Waals surface area (Å²) >= 11 is 0. The summed E-state index contributed by atoms with van der Waals surface area (Å²) in [5.74, 6) is -0.693. The van der Waals surface area contributed by atoms with Crippen molar-refractivity contribution in [2.75, 3.05) is 5.73 Å². The first-order valence-corrected chi connectivity index (χ1v) is 4.74. The Bertz CT molecular complexity index is 658. The van der Waals surface area contributed by atoms with Crippen molar-refractivity contribution in [1.82, 2.24) is 19.9 Å². The average molecular weight is 308 g/mol. The van der Waals surface area contributed by atoms with Crippen molar-refractivity contribution in [2.24, 2.45) is 0 Å². The largest absolute Gasteiger partial charge is 0.385 e. The molecule has 2 aromatic heterocycles. The molecule has 4 N–H and O–H groups in total. The zero-order chi connectivity index (χ0) is 12.6. The molecule has 1 unspecified atom stereocenters. The number of nitrogens with one attached hydrogen (secondary N) is 1. The van der Waals surface area contributed by atoms with E-state index in [0.29, 0.717) is 0 Å². The summed E-state index contributed by atoms with van der Waals surface area (Å²) in [5.41, 5.74) is 4.61. The van der Waals surface area contributed by atoms with Gasteiger partial charge in [-0.3, -0.25) is 14.6 Å². The van der Waals surface area contributed by atoms with Gasteiger partial charge in [0.15, 0.2) is 11.2 Å². The Kier molecular flexibility index (Phi) is 5.81. The first-order chi connectivity index (χ1) is 7.99. The first kappa shape index (κ1) is 17.2. The topological polar surface area (TPSA) is 135 Å². The molecule has 8 nitrogen and oxygen atoms in total. The zero-order valence-corrected chi connectivity index (χ0v) is 11.3. The average Bonchev–Trinajstić information content (AvgIpc) is 2.27. The molecule has 0 spiro atoms. The number of hydrogen-bond acceptors (Lipinski definition) is 7. The number of nitrogen functional groups attached to an aromatic ring is 1. The molecule has 0 aliphatic carbocycles. The fraction of sp³-hybridized carbons (Fsp3) is 0.222. The number of fused-ring (bicyclic) bond motifs is 1. The maximum atomic E-state index is 11.5. The van der Waals surface area contributed by atoms with Gasteiger partial charge in [-0.25, -0.2) is 9.97 Å².